The first kappa shape index (κ1) is 21.7. The highest BCUT2D eigenvalue weighted by atomic mass is 19.4. The van der Waals surface area contributed by atoms with E-state index in [9.17, 15) is 22.4 Å². The highest BCUT2D eigenvalue weighted by Gasteiger charge is 2.31. The van der Waals surface area contributed by atoms with Crippen molar-refractivity contribution in [3.05, 3.63) is 83.2 Å². The van der Waals surface area contributed by atoms with Gasteiger partial charge in [-0.25, -0.2) is 4.39 Å². The first-order valence-corrected chi connectivity index (χ1v) is 9.02. The van der Waals surface area contributed by atoms with Gasteiger partial charge in [0.05, 0.1) is 11.6 Å². The first-order chi connectivity index (χ1) is 13.1. The van der Waals surface area contributed by atoms with Gasteiger partial charge >= 0.3 is 6.18 Å². The van der Waals surface area contributed by atoms with Gasteiger partial charge in [-0.1, -0.05) is 43.7 Å². The Hall–Kier alpha value is -2.63. The smallest absolute Gasteiger partial charge is 0.345 e. The number of carbonyl (C=O) groups excluding carboxylic acids is 1. The predicted octanol–water partition coefficient (Wildman–Crippen LogP) is 6.10. The van der Waals surface area contributed by atoms with E-state index in [4.69, 9.17) is 0 Å². The number of nitrogens with one attached hydrogen (secondary N) is 1. The van der Waals surface area contributed by atoms with Crippen LogP contribution < -0.4 is 5.32 Å². The molecule has 0 aliphatic heterocycles. The molecular formula is C22H23F4NO. The zero-order valence-electron chi connectivity index (χ0n) is 15.8. The Balaban J connectivity index is 2.31. The molecule has 28 heavy (non-hydrogen) atoms. The molecule has 0 saturated carbocycles. The fourth-order valence-electron chi connectivity index (χ4n) is 3.18. The van der Waals surface area contributed by atoms with Gasteiger partial charge in [-0.15, -0.1) is 0 Å². The van der Waals surface area contributed by atoms with E-state index in [2.05, 4.69) is 11.9 Å². The standard InChI is InChI=1S/C22H23F4NO/c1-4-6-19(15-9-11-18(23)12-10-15)20(14(2)3)27-21(28)16-7-5-8-17(13-16)22(24,25)26/h5,7-13,19-20H,2,4,6H2,1,3H3,(H,27,28). The van der Waals surface area contributed by atoms with Crippen molar-refractivity contribution in [3.63, 3.8) is 0 Å². The van der Waals surface area contributed by atoms with E-state index in [1.54, 1.807) is 19.1 Å². The molecule has 0 fully saturated rings. The fraction of sp³-hybridized carbons (Fsp3) is 0.318. The summed E-state index contributed by atoms with van der Waals surface area (Å²) in [5.41, 5.74) is 0.551. The molecule has 2 unspecified atom stereocenters. The van der Waals surface area contributed by atoms with E-state index < -0.39 is 23.7 Å². The van der Waals surface area contributed by atoms with Crippen molar-refractivity contribution >= 4 is 5.91 Å². The molecular weight excluding hydrogens is 370 g/mol. The minimum absolute atomic E-state index is 0.0737. The molecule has 0 heterocycles. The van der Waals surface area contributed by atoms with E-state index in [0.29, 0.717) is 12.0 Å². The molecule has 1 N–H and O–H groups in total. The van der Waals surface area contributed by atoms with Crippen LogP contribution in [0.1, 0.15) is 54.1 Å². The number of hydrogen-bond acceptors (Lipinski definition) is 1. The highest BCUT2D eigenvalue weighted by molar-refractivity contribution is 5.94. The van der Waals surface area contributed by atoms with Crippen molar-refractivity contribution < 1.29 is 22.4 Å². The number of rotatable bonds is 7. The average molecular weight is 393 g/mol. The van der Waals surface area contributed by atoms with Crippen LogP contribution in [0.2, 0.25) is 0 Å². The largest absolute Gasteiger partial charge is 0.416 e. The van der Waals surface area contributed by atoms with Crippen LogP contribution in [0.3, 0.4) is 0 Å². The Morgan fingerprint density at radius 2 is 1.79 bits per heavy atom. The lowest BCUT2D eigenvalue weighted by Gasteiger charge is -2.29. The van der Waals surface area contributed by atoms with Gasteiger partial charge in [-0.2, -0.15) is 13.2 Å². The van der Waals surface area contributed by atoms with E-state index >= 15 is 0 Å². The Kier molecular flexibility index (Phi) is 7.00. The summed E-state index contributed by atoms with van der Waals surface area (Å²) in [5.74, 6) is -1.14. The molecule has 0 bridgehead atoms. The number of benzene rings is 2. The molecule has 0 aliphatic carbocycles. The zero-order chi connectivity index (χ0) is 20.9. The summed E-state index contributed by atoms with van der Waals surface area (Å²) in [7, 11) is 0. The summed E-state index contributed by atoms with van der Waals surface area (Å²) in [4.78, 5) is 12.7. The van der Waals surface area contributed by atoms with Crippen molar-refractivity contribution in [2.45, 2.75) is 44.8 Å². The molecule has 0 spiro atoms. The van der Waals surface area contributed by atoms with Gasteiger partial charge in [0.2, 0.25) is 0 Å². The Bertz CT molecular complexity index is 827. The van der Waals surface area contributed by atoms with Crippen LogP contribution in [-0.4, -0.2) is 11.9 Å². The third kappa shape index (κ3) is 5.44. The van der Waals surface area contributed by atoms with Gasteiger partial charge in [-0.3, -0.25) is 4.79 Å². The number of hydrogen-bond donors (Lipinski definition) is 1. The minimum Gasteiger partial charge on any atom is -0.345 e. The Morgan fingerprint density at radius 3 is 2.32 bits per heavy atom. The maximum atomic E-state index is 13.3. The number of alkyl halides is 3. The molecule has 0 aromatic heterocycles. The third-order valence-electron chi connectivity index (χ3n) is 4.57. The monoisotopic (exact) mass is 393 g/mol. The van der Waals surface area contributed by atoms with Crippen molar-refractivity contribution in [2.24, 2.45) is 0 Å². The van der Waals surface area contributed by atoms with E-state index in [-0.39, 0.29) is 17.3 Å². The molecule has 2 aromatic carbocycles. The predicted molar refractivity (Wildman–Crippen MR) is 102 cm³/mol. The van der Waals surface area contributed by atoms with Crippen molar-refractivity contribution in [1.82, 2.24) is 5.32 Å². The van der Waals surface area contributed by atoms with Gasteiger partial charge in [0.1, 0.15) is 5.82 Å². The minimum atomic E-state index is -4.52. The summed E-state index contributed by atoms with van der Waals surface area (Å²) in [6, 6.07) is 9.81. The van der Waals surface area contributed by atoms with E-state index in [0.717, 1.165) is 24.1 Å². The molecule has 0 radical (unpaired) electrons. The van der Waals surface area contributed by atoms with Gasteiger partial charge in [0.25, 0.3) is 5.91 Å². The summed E-state index contributed by atoms with van der Waals surface area (Å²) in [5, 5.41) is 2.81. The maximum absolute atomic E-state index is 13.3. The van der Waals surface area contributed by atoms with Crippen LogP contribution in [0.5, 0.6) is 0 Å². The van der Waals surface area contributed by atoms with Crippen molar-refractivity contribution in [2.75, 3.05) is 0 Å². The van der Waals surface area contributed by atoms with Crippen molar-refractivity contribution in [3.8, 4) is 0 Å². The van der Waals surface area contributed by atoms with E-state index in [1.165, 1.54) is 24.3 Å². The number of halogens is 4. The summed E-state index contributed by atoms with van der Waals surface area (Å²) >= 11 is 0. The fourth-order valence-corrected chi connectivity index (χ4v) is 3.18. The molecule has 2 aromatic rings. The summed E-state index contributed by atoms with van der Waals surface area (Å²) in [6.45, 7) is 7.68. The third-order valence-corrected chi connectivity index (χ3v) is 4.57. The normalized spacial score (nSPS) is 13.6. The lowest BCUT2D eigenvalue weighted by atomic mass is 9.84. The first-order valence-electron chi connectivity index (χ1n) is 9.02. The lowest BCUT2D eigenvalue weighted by Crippen LogP contribution is -2.40. The SMILES string of the molecule is C=C(C)C(NC(=O)c1cccc(C(F)(F)F)c1)C(CCC)c1ccc(F)cc1. The highest BCUT2D eigenvalue weighted by Crippen LogP contribution is 2.31. The molecule has 2 nitrogen and oxygen atoms in total. The van der Waals surface area contributed by atoms with Crippen LogP contribution in [0, 0.1) is 5.82 Å². The van der Waals surface area contributed by atoms with Crippen LogP contribution in [0.15, 0.2) is 60.7 Å². The molecule has 2 rings (SSSR count). The average Bonchev–Trinajstić information content (AvgIpc) is 2.64. The second-order valence-electron chi connectivity index (χ2n) is 6.82. The molecule has 2 atom stereocenters. The van der Waals surface area contributed by atoms with Crippen LogP contribution in [0.4, 0.5) is 17.6 Å². The summed E-state index contributed by atoms with van der Waals surface area (Å²) < 4.78 is 52.1. The lowest BCUT2D eigenvalue weighted by molar-refractivity contribution is -0.137. The quantitative estimate of drug-likeness (QED) is 0.447. The van der Waals surface area contributed by atoms with Crippen LogP contribution >= 0.6 is 0 Å². The second-order valence-corrected chi connectivity index (χ2v) is 6.82. The molecule has 1 amide bonds. The second kappa shape index (κ2) is 9.04. The number of carbonyl (C=O) groups is 1. The van der Waals surface area contributed by atoms with Gasteiger partial charge < -0.3 is 5.32 Å². The van der Waals surface area contributed by atoms with Crippen LogP contribution in [-0.2, 0) is 6.18 Å². The maximum Gasteiger partial charge on any atom is 0.416 e. The molecule has 6 heteroatoms. The van der Waals surface area contributed by atoms with Gasteiger partial charge in [-0.05, 0) is 49.2 Å². The molecule has 0 saturated heterocycles. The van der Waals surface area contributed by atoms with Gasteiger partial charge in [0, 0.05) is 11.5 Å². The Morgan fingerprint density at radius 1 is 1.14 bits per heavy atom. The number of amides is 1. The molecule has 150 valence electrons. The summed E-state index contributed by atoms with van der Waals surface area (Å²) in [6.07, 6.45) is -3.01. The van der Waals surface area contributed by atoms with Gasteiger partial charge in [0.15, 0.2) is 0 Å². The molecule has 0 aliphatic rings. The van der Waals surface area contributed by atoms with Crippen molar-refractivity contribution in [1.29, 1.82) is 0 Å². The topological polar surface area (TPSA) is 29.1 Å². The zero-order valence-corrected chi connectivity index (χ0v) is 15.8. The van der Waals surface area contributed by atoms with Crippen LogP contribution in [0.25, 0.3) is 0 Å². The Labute approximate surface area is 162 Å². The van der Waals surface area contributed by atoms with E-state index in [1.807, 2.05) is 6.92 Å².